The van der Waals surface area contributed by atoms with Gasteiger partial charge in [-0.25, -0.2) is 18.4 Å². The van der Waals surface area contributed by atoms with Gasteiger partial charge in [0.1, 0.15) is 17.2 Å². The molecule has 0 unspecified atom stereocenters. The highest BCUT2D eigenvalue weighted by molar-refractivity contribution is 6.34. The van der Waals surface area contributed by atoms with Gasteiger partial charge < -0.3 is 16.2 Å². The molecule has 0 saturated heterocycles. The smallest absolute Gasteiger partial charge is 0.258 e. The summed E-state index contributed by atoms with van der Waals surface area (Å²) in [5.74, 6) is -3.22. The zero-order valence-electron chi connectivity index (χ0n) is 19.6. The van der Waals surface area contributed by atoms with Gasteiger partial charge in [0.15, 0.2) is 23.2 Å². The molecule has 0 radical (unpaired) electrons. The predicted octanol–water partition coefficient (Wildman–Crippen LogP) is 5.04. The summed E-state index contributed by atoms with van der Waals surface area (Å²) < 4.78 is 29.3. The molecule has 37 heavy (non-hydrogen) atoms. The number of pyridine rings is 1. The van der Waals surface area contributed by atoms with Crippen LogP contribution in [0.25, 0.3) is 16.9 Å². The Morgan fingerprint density at radius 3 is 2.54 bits per heavy atom. The molecule has 0 spiro atoms. The predicted molar refractivity (Wildman–Crippen MR) is 136 cm³/mol. The number of rotatable bonds is 8. The highest BCUT2D eigenvalue weighted by Crippen LogP contribution is 2.29. The van der Waals surface area contributed by atoms with Crippen LogP contribution in [0.4, 0.5) is 20.4 Å². The van der Waals surface area contributed by atoms with E-state index in [1.807, 2.05) is 0 Å². The van der Waals surface area contributed by atoms with Crippen molar-refractivity contribution in [1.82, 2.24) is 14.8 Å². The summed E-state index contributed by atoms with van der Waals surface area (Å²) in [6, 6.07) is 15.0. The second-order valence-corrected chi connectivity index (χ2v) is 8.71. The molecule has 0 saturated carbocycles. The van der Waals surface area contributed by atoms with Gasteiger partial charge in [-0.15, -0.1) is 0 Å². The van der Waals surface area contributed by atoms with Gasteiger partial charge in [-0.1, -0.05) is 35.9 Å². The van der Waals surface area contributed by atoms with Gasteiger partial charge in [0.05, 0.1) is 22.4 Å². The molecule has 2 heterocycles. The summed E-state index contributed by atoms with van der Waals surface area (Å²) in [5, 5.41) is 16.6. The van der Waals surface area contributed by atoms with Crippen LogP contribution in [-0.4, -0.2) is 37.7 Å². The number of anilines is 2. The Hall–Kier alpha value is -4.15. The van der Waals surface area contributed by atoms with Crippen molar-refractivity contribution >= 4 is 34.9 Å². The van der Waals surface area contributed by atoms with E-state index < -0.39 is 29.5 Å². The molecule has 1 amide bonds. The number of halogens is 3. The maximum Gasteiger partial charge on any atom is 0.258 e. The number of aliphatic hydroxyl groups is 1. The minimum Gasteiger partial charge on any atom is -0.393 e. The maximum atomic E-state index is 14.4. The van der Waals surface area contributed by atoms with Crippen LogP contribution in [0, 0.1) is 11.6 Å². The van der Waals surface area contributed by atoms with E-state index in [2.05, 4.69) is 15.4 Å². The van der Waals surface area contributed by atoms with E-state index in [1.165, 1.54) is 28.9 Å². The maximum absolute atomic E-state index is 14.4. The Kier molecular flexibility index (Phi) is 7.61. The molecule has 4 N–H and O–H groups in total. The Labute approximate surface area is 215 Å². The minimum absolute atomic E-state index is 0.0222. The SMILES string of the molecule is C[C@H](O)CCC(=O)c1cc(NC(=O)c2cc(-c3nc(N)c(F)cc3F)ccc2Cl)n(-c2ccccc2)n1. The molecule has 4 rings (SSSR count). The molecule has 0 aliphatic rings. The van der Waals surface area contributed by atoms with Gasteiger partial charge in [0.2, 0.25) is 0 Å². The van der Waals surface area contributed by atoms with Gasteiger partial charge in [-0.3, -0.25) is 9.59 Å². The third-order valence-corrected chi connectivity index (χ3v) is 5.80. The number of nitrogens with one attached hydrogen (secondary N) is 1. The van der Waals surface area contributed by atoms with Crippen molar-refractivity contribution in [3.05, 3.63) is 88.6 Å². The van der Waals surface area contributed by atoms with Gasteiger partial charge in [0.25, 0.3) is 5.91 Å². The Morgan fingerprint density at radius 1 is 1.11 bits per heavy atom. The largest absolute Gasteiger partial charge is 0.393 e. The zero-order valence-corrected chi connectivity index (χ0v) is 20.3. The number of para-hydroxylation sites is 1. The van der Waals surface area contributed by atoms with Crippen molar-refractivity contribution in [2.75, 3.05) is 11.1 Å². The third-order valence-electron chi connectivity index (χ3n) is 5.47. The van der Waals surface area contributed by atoms with E-state index in [1.54, 1.807) is 37.3 Å². The van der Waals surface area contributed by atoms with E-state index in [-0.39, 0.29) is 52.0 Å². The minimum atomic E-state index is -0.999. The van der Waals surface area contributed by atoms with E-state index in [0.29, 0.717) is 11.8 Å². The molecular weight excluding hydrogens is 504 g/mol. The van der Waals surface area contributed by atoms with E-state index >= 15 is 0 Å². The molecule has 0 fully saturated rings. The number of benzene rings is 2. The van der Waals surface area contributed by atoms with Gasteiger partial charge in [-0.05, 0) is 37.6 Å². The zero-order chi connectivity index (χ0) is 26.7. The molecule has 11 heteroatoms. The number of ketones is 1. The molecule has 1 atom stereocenters. The molecule has 2 aromatic carbocycles. The van der Waals surface area contributed by atoms with Crippen molar-refractivity contribution in [3.8, 4) is 16.9 Å². The summed E-state index contributed by atoms with van der Waals surface area (Å²) >= 11 is 6.26. The van der Waals surface area contributed by atoms with Crippen LogP contribution in [-0.2, 0) is 0 Å². The number of nitrogens with two attached hydrogens (primary N) is 1. The van der Waals surface area contributed by atoms with Crippen LogP contribution in [0.5, 0.6) is 0 Å². The summed E-state index contributed by atoms with van der Waals surface area (Å²) in [5.41, 5.74) is 6.06. The van der Waals surface area contributed by atoms with E-state index in [4.69, 9.17) is 17.3 Å². The molecule has 0 aliphatic carbocycles. The van der Waals surface area contributed by atoms with Crippen molar-refractivity contribution in [2.24, 2.45) is 0 Å². The normalized spacial score (nSPS) is 11.8. The fraction of sp³-hybridized carbons (Fsp3) is 0.154. The number of Topliss-reactive ketones (excluding diaryl/α,β-unsaturated/α-hetero) is 1. The summed E-state index contributed by atoms with van der Waals surface area (Å²) in [6.07, 6.45) is -0.312. The number of aromatic nitrogens is 3. The molecule has 8 nitrogen and oxygen atoms in total. The average molecular weight is 526 g/mol. The van der Waals surface area contributed by atoms with Crippen LogP contribution < -0.4 is 11.1 Å². The van der Waals surface area contributed by atoms with Crippen molar-refractivity contribution < 1.29 is 23.5 Å². The molecule has 4 aromatic rings. The number of hydrogen-bond acceptors (Lipinski definition) is 6. The third kappa shape index (κ3) is 5.82. The number of aliphatic hydroxyl groups excluding tert-OH is 1. The number of nitrogen functional groups attached to an aromatic ring is 1. The first-order chi connectivity index (χ1) is 17.6. The fourth-order valence-electron chi connectivity index (χ4n) is 3.55. The molecule has 0 bridgehead atoms. The number of hydrogen-bond donors (Lipinski definition) is 3. The highest BCUT2D eigenvalue weighted by atomic mass is 35.5. The topological polar surface area (TPSA) is 123 Å². The van der Waals surface area contributed by atoms with Gasteiger partial charge in [-0.2, -0.15) is 5.10 Å². The lowest BCUT2D eigenvalue weighted by atomic mass is 10.1. The average Bonchev–Trinajstić information content (AvgIpc) is 3.29. The van der Waals surface area contributed by atoms with Crippen LogP contribution in [0.1, 0.15) is 40.6 Å². The first-order valence-electron chi connectivity index (χ1n) is 11.2. The van der Waals surface area contributed by atoms with Crippen molar-refractivity contribution in [2.45, 2.75) is 25.9 Å². The standard InChI is InChI=1S/C26H22ClF2N5O3/c1-14(35)7-10-22(36)21-13-23(34(33-21)16-5-3-2-4-6-16)31-26(37)17-11-15(8-9-18(17)27)24-19(28)12-20(29)25(30)32-24/h2-6,8-9,11-14,35H,7,10H2,1H3,(H2,30,32)(H,31,37)/t14-/m0/s1. The van der Waals surface area contributed by atoms with Crippen molar-refractivity contribution in [1.29, 1.82) is 0 Å². The van der Waals surface area contributed by atoms with Crippen LogP contribution in [0.15, 0.2) is 60.7 Å². The Balaban J connectivity index is 1.69. The lowest BCUT2D eigenvalue weighted by Gasteiger charge is -2.11. The number of carbonyl (C=O) groups is 2. The summed E-state index contributed by atoms with van der Waals surface area (Å²) in [4.78, 5) is 29.6. The first-order valence-corrected chi connectivity index (χ1v) is 11.6. The van der Waals surface area contributed by atoms with Crippen molar-refractivity contribution in [3.63, 3.8) is 0 Å². The molecule has 2 aromatic heterocycles. The van der Waals surface area contributed by atoms with Gasteiger partial charge >= 0.3 is 0 Å². The summed E-state index contributed by atoms with van der Waals surface area (Å²) in [6.45, 7) is 1.58. The molecule has 190 valence electrons. The first kappa shape index (κ1) is 25.9. The summed E-state index contributed by atoms with van der Waals surface area (Å²) in [7, 11) is 0. The second kappa shape index (κ2) is 10.9. The Morgan fingerprint density at radius 2 is 1.84 bits per heavy atom. The number of carbonyl (C=O) groups excluding carboxylic acids is 2. The van der Waals surface area contributed by atoms with Crippen LogP contribution in [0.3, 0.4) is 0 Å². The lowest BCUT2D eigenvalue weighted by molar-refractivity contribution is 0.0943. The number of amides is 1. The monoisotopic (exact) mass is 525 g/mol. The second-order valence-electron chi connectivity index (χ2n) is 8.31. The van der Waals surface area contributed by atoms with Gasteiger partial charge in [0, 0.05) is 24.1 Å². The van der Waals surface area contributed by atoms with Crippen LogP contribution >= 0.6 is 11.6 Å². The van der Waals surface area contributed by atoms with E-state index in [0.717, 1.165) is 0 Å². The number of nitrogens with zero attached hydrogens (tertiary/aromatic N) is 3. The quantitative estimate of drug-likeness (QED) is 0.277. The van der Waals surface area contributed by atoms with Crippen LogP contribution in [0.2, 0.25) is 5.02 Å². The highest BCUT2D eigenvalue weighted by Gasteiger charge is 2.21. The fourth-order valence-corrected chi connectivity index (χ4v) is 3.76. The van der Waals surface area contributed by atoms with E-state index in [9.17, 15) is 23.5 Å². The lowest BCUT2D eigenvalue weighted by Crippen LogP contribution is -2.16. The molecular formula is C26H22ClF2N5O3. The Bertz CT molecular complexity index is 1470. The molecule has 0 aliphatic heterocycles.